The van der Waals surface area contributed by atoms with E-state index < -0.39 is 5.97 Å². The van der Waals surface area contributed by atoms with Gasteiger partial charge < -0.3 is 20.2 Å². The van der Waals surface area contributed by atoms with Crippen LogP contribution >= 0.6 is 23.2 Å². The number of ether oxygens (including phenoxy) is 1. The Bertz CT molecular complexity index is 1030. The van der Waals surface area contributed by atoms with E-state index in [2.05, 4.69) is 20.6 Å². The van der Waals surface area contributed by atoms with Crippen LogP contribution in [-0.2, 0) is 14.4 Å². The highest BCUT2D eigenvalue weighted by atomic mass is 35.5. The molecule has 1 saturated heterocycles. The fourth-order valence-electron chi connectivity index (χ4n) is 3.65. The maximum absolute atomic E-state index is 12.8. The quantitative estimate of drug-likeness (QED) is 0.666. The van der Waals surface area contributed by atoms with Gasteiger partial charge >= 0.3 is 5.97 Å². The Morgan fingerprint density at radius 1 is 1.19 bits per heavy atom. The van der Waals surface area contributed by atoms with Crippen LogP contribution in [0.3, 0.4) is 0 Å². The van der Waals surface area contributed by atoms with Gasteiger partial charge in [0.1, 0.15) is 0 Å². The van der Waals surface area contributed by atoms with E-state index in [0.29, 0.717) is 46.6 Å². The number of amides is 1. The molecule has 0 bridgehead atoms. The van der Waals surface area contributed by atoms with Gasteiger partial charge in [-0.3, -0.25) is 4.79 Å². The first-order chi connectivity index (χ1) is 15.0. The molecule has 7 nitrogen and oxygen atoms in total. The molecule has 1 amide bonds. The molecule has 2 heterocycles. The minimum atomic E-state index is -0.404. The first-order valence-electron chi connectivity index (χ1n) is 9.94. The first-order valence-corrected chi connectivity index (χ1v) is 10.7. The molecule has 162 valence electrons. The molecule has 2 aliphatic rings. The largest absolute Gasteiger partial charge is 0.372 e. The van der Waals surface area contributed by atoms with Crippen LogP contribution in [0.25, 0.3) is 0 Å². The zero-order valence-corrected chi connectivity index (χ0v) is 18.1. The Hall–Kier alpha value is -2.45. The standard InChI is InChI=1S/C22H21Cl2N3O4/c23-17-5-4-14(9-18(17)24)21-16(11-25-6-7-30-21)12-26-22(29)15-3-1-2-13(8-15)19-10-20(28)31-27-19/h1-5,8-9,16,21,25H,6-7,10-12H2,(H,26,29)/t16-,21-/m0/s1. The van der Waals surface area contributed by atoms with E-state index >= 15 is 0 Å². The number of oxime groups is 1. The van der Waals surface area contributed by atoms with Crippen molar-refractivity contribution in [3.8, 4) is 0 Å². The second-order valence-corrected chi connectivity index (χ2v) is 8.21. The summed E-state index contributed by atoms with van der Waals surface area (Å²) >= 11 is 12.2. The predicted molar refractivity (Wildman–Crippen MR) is 118 cm³/mol. The molecule has 31 heavy (non-hydrogen) atoms. The van der Waals surface area contributed by atoms with Gasteiger partial charge in [0.2, 0.25) is 0 Å². The monoisotopic (exact) mass is 461 g/mol. The summed E-state index contributed by atoms with van der Waals surface area (Å²) < 4.78 is 6.05. The van der Waals surface area contributed by atoms with Crippen LogP contribution in [0, 0.1) is 5.92 Å². The zero-order valence-electron chi connectivity index (χ0n) is 16.6. The van der Waals surface area contributed by atoms with Crippen molar-refractivity contribution < 1.29 is 19.2 Å². The van der Waals surface area contributed by atoms with Gasteiger partial charge in [-0.15, -0.1) is 0 Å². The van der Waals surface area contributed by atoms with Crippen molar-refractivity contribution in [1.82, 2.24) is 10.6 Å². The molecule has 2 aromatic carbocycles. The Morgan fingerprint density at radius 3 is 2.84 bits per heavy atom. The van der Waals surface area contributed by atoms with Crippen molar-refractivity contribution in [2.75, 3.05) is 26.2 Å². The molecule has 0 spiro atoms. The SMILES string of the molecule is O=C1CC(c2cccc(C(=O)NC[C@@H]3CNCCO[C@H]3c3ccc(Cl)c(Cl)c3)c2)=NO1. The highest BCUT2D eigenvalue weighted by Gasteiger charge is 2.27. The molecule has 0 aromatic heterocycles. The van der Waals surface area contributed by atoms with E-state index in [1.807, 2.05) is 12.1 Å². The highest BCUT2D eigenvalue weighted by molar-refractivity contribution is 6.42. The van der Waals surface area contributed by atoms with Crippen molar-refractivity contribution in [2.24, 2.45) is 11.1 Å². The molecule has 2 aliphatic heterocycles. The number of hydrogen-bond acceptors (Lipinski definition) is 6. The van der Waals surface area contributed by atoms with E-state index in [4.69, 9.17) is 27.9 Å². The molecular weight excluding hydrogens is 441 g/mol. The molecule has 1 fully saturated rings. The number of carbonyl (C=O) groups is 2. The molecule has 0 unspecified atom stereocenters. The molecule has 9 heteroatoms. The van der Waals surface area contributed by atoms with Gasteiger partial charge in [0.05, 0.1) is 34.9 Å². The van der Waals surface area contributed by atoms with Gasteiger partial charge in [-0.05, 0) is 29.8 Å². The van der Waals surface area contributed by atoms with Crippen LogP contribution in [0.1, 0.15) is 34.0 Å². The highest BCUT2D eigenvalue weighted by Crippen LogP contribution is 2.32. The van der Waals surface area contributed by atoms with Crippen LogP contribution in [0.4, 0.5) is 0 Å². The second-order valence-electron chi connectivity index (χ2n) is 7.40. The van der Waals surface area contributed by atoms with Crippen LogP contribution < -0.4 is 10.6 Å². The minimum Gasteiger partial charge on any atom is -0.372 e. The van der Waals surface area contributed by atoms with Crippen molar-refractivity contribution in [2.45, 2.75) is 12.5 Å². The fourth-order valence-corrected chi connectivity index (χ4v) is 3.96. The normalized spacial score (nSPS) is 21.2. The molecule has 4 rings (SSSR count). The lowest BCUT2D eigenvalue weighted by molar-refractivity contribution is -0.140. The molecule has 0 radical (unpaired) electrons. The average Bonchev–Trinajstić information content (AvgIpc) is 3.07. The topological polar surface area (TPSA) is 89.0 Å². The number of halogens is 2. The Balaban J connectivity index is 1.45. The van der Waals surface area contributed by atoms with Crippen molar-refractivity contribution in [3.05, 3.63) is 69.2 Å². The Kier molecular flexibility index (Phi) is 6.87. The van der Waals surface area contributed by atoms with Crippen LogP contribution in [0.15, 0.2) is 47.6 Å². The number of nitrogens with zero attached hydrogens (tertiary/aromatic N) is 1. The van der Waals surface area contributed by atoms with Crippen LogP contribution in [0.2, 0.25) is 10.0 Å². The summed E-state index contributed by atoms with van der Waals surface area (Å²) in [5, 5.41) is 11.1. The number of rotatable bonds is 5. The van der Waals surface area contributed by atoms with E-state index in [0.717, 1.165) is 12.1 Å². The maximum Gasteiger partial charge on any atom is 0.341 e. The number of nitrogens with one attached hydrogen (secondary N) is 2. The maximum atomic E-state index is 12.8. The first kappa shape index (κ1) is 21.8. The third-order valence-corrected chi connectivity index (χ3v) is 5.97. The third kappa shape index (κ3) is 5.25. The van der Waals surface area contributed by atoms with Crippen LogP contribution in [0.5, 0.6) is 0 Å². The summed E-state index contributed by atoms with van der Waals surface area (Å²) in [5.41, 5.74) is 2.60. The molecule has 2 N–H and O–H groups in total. The van der Waals surface area contributed by atoms with Gasteiger partial charge in [0.15, 0.2) is 0 Å². The van der Waals surface area contributed by atoms with E-state index in [1.165, 1.54) is 0 Å². The third-order valence-electron chi connectivity index (χ3n) is 5.24. The van der Waals surface area contributed by atoms with Gasteiger partial charge in [-0.2, -0.15) is 0 Å². The van der Waals surface area contributed by atoms with Gasteiger partial charge in [0.25, 0.3) is 5.91 Å². The summed E-state index contributed by atoms with van der Waals surface area (Å²) in [6.45, 7) is 2.37. The zero-order chi connectivity index (χ0) is 21.8. The van der Waals surface area contributed by atoms with Crippen molar-refractivity contribution in [1.29, 1.82) is 0 Å². The number of benzene rings is 2. The lowest BCUT2D eigenvalue weighted by Gasteiger charge is -2.25. The Labute approximate surface area is 189 Å². The number of carbonyl (C=O) groups excluding carboxylic acids is 2. The van der Waals surface area contributed by atoms with E-state index in [1.54, 1.807) is 30.3 Å². The summed E-state index contributed by atoms with van der Waals surface area (Å²) in [5.74, 6) is -0.624. The average molecular weight is 462 g/mol. The second kappa shape index (κ2) is 9.78. The molecular formula is C22H21Cl2N3O4. The Morgan fingerprint density at radius 2 is 2.06 bits per heavy atom. The van der Waals surface area contributed by atoms with Gasteiger partial charge in [0, 0.05) is 36.7 Å². The predicted octanol–water partition coefficient (Wildman–Crippen LogP) is 3.35. The molecule has 0 aliphatic carbocycles. The summed E-state index contributed by atoms with van der Waals surface area (Å²) in [4.78, 5) is 28.7. The van der Waals surface area contributed by atoms with Gasteiger partial charge in [-0.1, -0.05) is 46.6 Å². The summed E-state index contributed by atoms with van der Waals surface area (Å²) in [6.07, 6.45) is -0.131. The molecule has 2 atom stereocenters. The number of hydrogen-bond donors (Lipinski definition) is 2. The molecule has 2 aromatic rings. The lowest BCUT2D eigenvalue weighted by Crippen LogP contribution is -2.36. The lowest BCUT2D eigenvalue weighted by atomic mass is 9.95. The van der Waals surface area contributed by atoms with Crippen LogP contribution in [-0.4, -0.2) is 43.8 Å². The van der Waals surface area contributed by atoms with E-state index in [9.17, 15) is 9.59 Å². The van der Waals surface area contributed by atoms with E-state index in [-0.39, 0.29) is 24.3 Å². The fraction of sp³-hybridized carbons (Fsp3) is 0.318. The molecule has 0 saturated carbocycles. The van der Waals surface area contributed by atoms with Crippen molar-refractivity contribution in [3.63, 3.8) is 0 Å². The summed E-state index contributed by atoms with van der Waals surface area (Å²) in [6, 6.07) is 12.4. The minimum absolute atomic E-state index is 0.00268. The smallest absolute Gasteiger partial charge is 0.341 e. The van der Waals surface area contributed by atoms with Crippen molar-refractivity contribution >= 4 is 40.8 Å². The van der Waals surface area contributed by atoms with Gasteiger partial charge in [-0.25, -0.2) is 4.79 Å². The summed E-state index contributed by atoms with van der Waals surface area (Å²) in [7, 11) is 0.